The molecule has 1 aromatic heterocycles. The van der Waals surface area contributed by atoms with Crippen LogP contribution < -0.4 is 5.32 Å². The highest BCUT2D eigenvalue weighted by atomic mass is 16.5. The van der Waals surface area contributed by atoms with E-state index in [1.807, 2.05) is 0 Å². The Balaban J connectivity index is 2.00. The maximum Gasteiger partial charge on any atom is 0.231 e. The number of nitrogens with one attached hydrogen (secondary N) is 1. The van der Waals surface area contributed by atoms with E-state index in [4.69, 9.17) is 9.26 Å². The molecule has 1 aromatic rings. The van der Waals surface area contributed by atoms with Crippen LogP contribution in [0.3, 0.4) is 0 Å². The van der Waals surface area contributed by atoms with Crippen molar-refractivity contribution in [2.45, 2.75) is 25.4 Å². The minimum absolute atomic E-state index is 0.377. The van der Waals surface area contributed by atoms with Gasteiger partial charge < -0.3 is 14.6 Å². The van der Waals surface area contributed by atoms with Gasteiger partial charge in [-0.3, -0.25) is 0 Å². The van der Waals surface area contributed by atoms with E-state index in [2.05, 4.69) is 15.5 Å². The van der Waals surface area contributed by atoms with E-state index in [0.29, 0.717) is 18.3 Å². The largest absolute Gasteiger partial charge is 0.377 e. The van der Waals surface area contributed by atoms with Crippen LogP contribution in [-0.2, 0) is 11.3 Å². The molecule has 0 spiro atoms. The second kappa shape index (κ2) is 4.52. The molecule has 5 nitrogen and oxygen atoms in total. The summed E-state index contributed by atoms with van der Waals surface area (Å²) in [5.41, 5.74) is 0. The average molecular weight is 197 g/mol. The molecule has 1 fully saturated rings. The Labute approximate surface area is 82.8 Å². The quantitative estimate of drug-likeness (QED) is 0.772. The molecule has 1 aliphatic rings. The Hall–Kier alpha value is -0.940. The highest BCUT2D eigenvalue weighted by Gasteiger charge is 2.20. The molecule has 2 heterocycles. The number of methoxy groups -OCH3 is 1. The van der Waals surface area contributed by atoms with Crippen molar-refractivity contribution in [3.05, 3.63) is 11.7 Å². The van der Waals surface area contributed by atoms with Crippen LogP contribution in [0.25, 0.3) is 0 Å². The van der Waals surface area contributed by atoms with Gasteiger partial charge in [0.15, 0.2) is 5.82 Å². The van der Waals surface area contributed by atoms with E-state index in [1.54, 1.807) is 7.11 Å². The first-order valence-electron chi connectivity index (χ1n) is 4.92. The average Bonchev–Trinajstić information content (AvgIpc) is 2.68. The van der Waals surface area contributed by atoms with Gasteiger partial charge in [-0.2, -0.15) is 4.98 Å². The number of piperidine rings is 1. The summed E-state index contributed by atoms with van der Waals surface area (Å²) >= 11 is 0. The van der Waals surface area contributed by atoms with Gasteiger partial charge in [0.2, 0.25) is 5.89 Å². The minimum Gasteiger partial charge on any atom is -0.377 e. The van der Waals surface area contributed by atoms with E-state index in [-0.39, 0.29) is 0 Å². The van der Waals surface area contributed by atoms with Crippen molar-refractivity contribution in [2.24, 2.45) is 0 Å². The van der Waals surface area contributed by atoms with Crippen molar-refractivity contribution >= 4 is 0 Å². The lowest BCUT2D eigenvalue weighted by Gasteiger charge is -2.18. The summed E-state index contributed by atoms with van der Waals surface area (Å²) in [7, 11) is 1.62. The molecule has 0 saturated carbocycles. The first kappa shape index (κ1) is 9.61. The normalized spacial score (nSPS) is 22.5. The minimum atomic E-state index is 0.377. The van der Waals surface area contributed by atoms with Crippen LogP contribution in [0.5, 0.6) is 0 Å². The van der Waals surface area contributed by atoms with Crippen molar-refractivity contribution in [1.29, 1.82) is 0 Å². The molecule has 14 heavy (non-hydrogen) atoms. The van der Waals surface area contributed by atoms with E-state index in [1.165, 1.54) is 6.42 Å². The van der Waals surface area contributed by atoms with Crippen molar-refractivity contribution < 1.29 is 9.26 Å². The van der Waals surface area contributed by atoms with Crippen molar-refractivity contribution in [2.75, 3.05) is 20.2 Å². The Morgan fingerprint density at radius 3 is 3.29 bits per heavy atom. The van der Waals surface area contributed by atoms with Crippen molar-refractivity contribution in [1.82, 2.24) is 15.5 Å². The molecule has 0 radical (unpaired) electrons. The number of hydrogen-bond donors (Lipinski definition) is 1. The molecule has 1 aliphatic heterocycles. The van der Waals surface area contributed by atoms with Crippen LogP contribution in [0.15, 0.2) is 4.52 Å². The molecule has 0 aromatic carbocycles. The first-order chi connectivity index (χ1) is 6.90. The SMILES string of the molecule is COCc1noc([C@@H]2CCCNC2)n1. The molecular weight excluding hydrogens is 182 g/mol. The summed E-state index contributed by atoms with van der Waals surface area (Å²) in [4.78, 5) is 4.28. The standard InChI is InChI=1S/C9H15N3O2/c1-13-6-8-11-9(14-12-8)7-3-2-4-10-5-7/h7,10H,2-6H2,1H3/t7-/m1/s1. The van der Waals surface area contributed by atoms with Gasteiger partial charge in [0.25, 0.3) is 0 Å². The van der Waals surface area contributed by atoms with Crippen LogP contribution in [0.1, 0.15) is 30.5 Å². The molecule has 0 unspecified atom stereocenters. The zero-order chi connectivity index (χ0) is 9.80. The van der Waals surface area contributed by atoms with Crippen LogP contribution in [0.2, 0.25) is 0 Å². The fraction of sp³-hybridized carbons (Fsp3) is 0.778. The summed E-state index contributed by atoms with van der Waals surface area (Å²) in [6.45, 7) is 2.45. The number of hydrogen-bond acceptors (Lipinski definition) is 5. The third kappa shape index (κ3) is 2.10. The molecule has 1 atom stereocenters. The second-order valence-electron chi connectivity index (χ2n) is 3.53. The molecule has 0 aliphatic carbocycles. The van der Waals surface area contributed by atoms with Gasteiger partial charge in [-0.05, 0) is 19.4 Å². The van der Waals surface area contributed by atoms with Gasteiger partial charge in [-0.1, -0.05) is 5.16 Å². The van der Waals surface area contributed by atoms with Crippen LogP contribution in [0.4, 0.5) is 0 Å². The Morgan fingerprint density at radius 2 is 2.57 bits per heavy atom. The summed E-state index contributed by atoms with van der Waals surface area (Å²) in [6, 6.07) is 0. The van der Waals surface area contributed by atoms with Crippen LogP contribution in [-0.4, -0.2) is 30.3 Å². The van der Waals surface area contributed by atoms with Crippen molar-refractivity contribution in [3.63, 3.8) is 0 Å². The zero-order valence-corrected chi connectivity index (χ0v) is 8.32. The highest BCUT2D eigenvalue weighted by Crippen LogP contribution is 2.21. The van der Waals surface area contributed by atoms with Gasteiger partial charge in [0, 0.05) is 13.7 Å². The number of nitrogens with zero attached hydrogens (tertiary/aromatic N) is 2. The van der Waals surface area contributed by atoms with E-state index in [0.717, 1.165) is 25.4 Å². The molecule has 1 N–H and O–H groups in total. The van der Waals surface area contributed by atoms with Gasteiger partial charge in [-0.25, -0.2) is 0 Å². The fourth-order valence-corrected chi connectivity index (χ4v) is 1.68. The van der Waals surface area contributed by atoms with E-state index < -0.39 is 0 Å². The van der Waals surface area contributed by atoms with E-state index >= 15 is 0 Å². The van der Waals surface area contributed by atoms with Crippen molar-refractivity contribution in [3.8, 4) is 0 Å². The molecule has 5 heteroatoms. The second-order valence-corrected chi connectivity index (χ2v) is 3.53. The lowest BCUT2D eigenvalue weighted by Crippen LogP contribution is -2.28. The fourth-order valence-electron chi connectivity index (χ4n) is 1.68. The molecule has 2 rings (SSSR count). The monoisotopic (exact) mass is 197 g/mol. The predicted molar refractivity (Wildman–Crippen MR) is 49.9 cm³/mol. The predicted octanol–water partition coefficient (Wildman–Crippen LogP) is 0.683. The maximum atomic E-state index is 5.18. The maximum absolute atomic E-state index is 5.18. The first-order valence-corrected chi connectivity index (χ1v) is 4.92. The number of ether oxygens (including phenoxy) is 1. The lowest BCUT2D eigenvalue weighted by molar-refractivity contribution is 0.174. The molecule has 0 amide bonds. The van der Waals surface area contributed by atoms with Gasteiger partial charge in [0.1, 0.15) is 6.61 Å². The Bertz CT molecular complexity index is 281. The van der Waals surface area contributed by atoms with Gasteiger partial charge in [-0.15, -0.1) is 0 Å². The van der Waals surface area contributed by atoms with E-state index in [9.17, 15) is 0 Å². The molecular formula is C9H15N3O2. The van der Waals surface area contributed by atoms with Crippen LogP contribution in [0, 0.1) is 0 Å². The molecule has 0 bridgehead atoms. The lowest BCUT2D eigenvalue weighted by atomic mass is 10.00. The third-order valence-corrected chi connectivity index (χ3v) is 2.40. The van der Waals surface area contributed by atoms with Gasteiger partial charge >= 0.3 is 0 Å². The summed E-state index contributed by atoms with van der Waals surface area (Å²) in [6.07, 6.45) is 2.30. The highest BCUT2D eigenvalue weighted by molar-refractivity contribution is 4.96. The third-order valence-electron chi connectivity index (χ3n) is 2.40. The smallest absolute Gasteiger partial charge is 0.231 e. The summed E-state index contributed by atoms with van der Waals surface area (Å²) in [5.74, 6) is 1.75. The molecule has 1 saturated heterocycles. The van der Waals surface area contributed by atoms with Gasteiger partial charge in [0.05, 0.1) is 5.92 Å². The number of aromatic nitrogens is 2. The number of rotatable bonds is 3. The Morgan fingerprint density at radius 1 is 1.64 bits per heavy atom. The topological polar surface area (TPSA) is 60.2 Å². The molecule has 78 valence electrons. The summed E-state index contributed by atoms with van der Waals surface area (Å²) < 4.78 is 10.1. The summed E-state index contributed by atoms with van der Waals surface area (Å²) in [5, 5.41) is 7.16. The zero-order valence-electron chi connectivity index (χ0n) is 8.32. The van der Waals surface area contributed by atoms with Crippen LogP contribution >= 0.6 is 0 Å². The Kier molecular flexibility index (Phi) is 3.10.